The minimum atomic E-state index is -3.69. The maximum Gasteiger partial charge on any atom is 0.322 e. The van der Waals surface area contributed by atoms with Crippen molar-refractivity contribution >= 4 is 22.7 Å². The number of esters is 1. The van der Waals surface area contributed by atoms with Gasteiger partial charge in [-0.25, -0.2) is 8.42 Å². The Hall–Kier alpha value is -0.910. The van der Waals surface area contributed by atoms with Crippen molar-refractivity contribution in [3.8, 4) is 0 Å². The van der Waals surface area contributed by atoms with Gasteiger partial charge in [-0.2, -0.15) is 4.40 Å². The average molecular weight is 165 g/mol. The lowest BCUT2D eigenvalue weighted by atomic mass is 10.8. The van der Waals surface area contributed by atoms with E-state index < -0.39 is 21.7 Å². The standard InChI is InChI=1S/C4H7NO4S/c1-5-10(7,8)3-4(6)9-2/h1,3H2,2H3. The number of hydrogen-bond donors (Lipinski definition) is 0. The molecule has 0 aromatic rings. The van der Waals surface area contributed by atoms with Crippen LogP contribution in [0.5, 0.6) is 0 Å². The highest BCUT2D eigenvalue weighted by Gasteiger charge is 2.13. The Labute approximate surface area is 58.8 Å². The zero-order valence-electron chi connectivity index (χ0n) is 5.40. The topological polar surface area (TPSA) is 72.8 Å². The Bertz CT molecular complexity index is 230. The highest BCUT2D eigenvalue weighted by Crippen LogP contribution is 1.90. The van der Waals surface area contributed by atoms with E-state index in [-0.39, 0.29) is 0 Å². The van der Waals surface area contributed by atoms with Crippen LogP contribution in [0, 0.1) is 0 Å². The second kappa shape index (κ2) is 3.31. The van der Waals surface area contributed by atoms with Crippen LogP contribution in [0.25, 0.3) is 0 Å². The van der Waals surface area contributed by atoms with Crippen molar-refractivity contribution in [1.82, 2.24) is 0 Å². The van der Waals surface area contributed by atoms with Crippen LogP contribution in [-0.4, -0.2) is 34.0 Å². The largest absolute Gasteiger partial charge is 0.468 e. The summed E-state index contributed by atoms with van der Waals surface area (Å²) >= 11 is 0. The van der Waals surface area contributed by atoms with Crippen LogP contribution in [0.1, 0.15) is 0 Å². The second-order valence-corrected chi connectivity index (χ2v) is 3.14. The Morgan fingerprint density at radius 3 is 2.50 bits per heavy atom. The van der Waals surface area contributed by atoms with Gasteiger partial charge in [-0.3, -0.25) is 4.79 Å². The van der Waals surface area contributed by atoms with Crippen LogP contribution < -0.4 is 0 Å². The molecular formula is C4H7NO4S. The Morgan fingerprint density at radius 2 is 2.20 bits per heavy atom. The summed E-state index contributed by atoms with van der Waals surface area (Å²) < 4.78 is 27.7. The predicted octanol–water partition coefficient (Wildman–Crippen LogP) is -0.810. The monoisotopic (exact) mass is 165 g/mol. The molecule has 58 valence electrons. The molecule has 0 atom stereocenters. The van der Waals surface area contributed by atoms with Gasteiger partial charge < -0.3 is 4.74 Å². The van der Waals surface area contributed by atoms with Crippen molar-refractivity contribution in [2.45, 2.75) is 0 Å². The van der Waals surface area contributed by atoms with E-state index in [0.717, 1.165) is 7.11 Å². The number of sulfonamides is 1. The molecule has 0 bridgehead atoms. The predicted molar refractivity (Wildman–Crippen MR) is 35.4 cm³/mol. The quantitative estimate of drug-likeness (QED) is 0.405. The molecule has 0 amide bonds. The van der Waals surface area contributed by atoms with Gasteiger partial charge in [-0.1, -0.05) is 0 Å². The third-order valence-corrected chi connectivity index (χ3v) is 1.72. The number of methoxy groups -OCH3 is 1. The summed E-state index contributed by atoms with van der Waals surface area (Å²) in [5.74, 6) is -1.58. The Kier molecular flexibility index (Phi) is 3.01. The van der Waals surface area contributed by atoms with E-state index in [0.29, 0.717) is 0 Å². The SMILES string of the molecule is C=NS(=O)(=O)CC(=O)OC. The third-order valence-electron chi connectivity index (χ3n) is 0.725. The first kappa shape index (κ1) is 9.09. The summed E-state index contributed by atoms with van der Waals surface area (Å²) in [6, 6.07) is 0. The molecule has 0 aliphatic rings. The first-order chi connectivity index (χ1) is 4.52. The molecule has 0 radical (unpaired) electrons. The molecule has 0 saturated heterocycles. The summed E-state index contributed by atoms with van der Waals surface area (Å²) in [7, 11) is -2.59. The minimum absolute atomic E-state index is 0.743. The number of hydrogen-bond acceptors (Lipinski definition) is 4. The Morgan fingerprint density at radius 1 is 1.70 bits per heavy atom. The summed E-state index contributed by atoms with van der Waals surface area (Å²) in [6.45, 7) is 2.77. The first-order valence-electron chi connectivity index (χ1n) is 2.29. The lowest BCUT2D eigenvalue weighted by Crippen LogP contribution is -2.14. The van der Waals surface area contributed by atoms with Crippen LogP contribution in [0.3, 0.4) is 0 Å². The van der Waals surface area contributed by atoms with E-state index in [1.165, 1.54) is 0 Å². The third kappa shape index (κ3) is 3.18. The van der Waals surface area contributed by atoms with E-state index >= 15 is 0 Å². The molecule has 6 heteroatoms. The lowest BCUT2D eigenvalue weighted by Gasteiger charge is -1.94. The van der Waals surface area contributed by atoms with Gasteiger partial charge in [-0.15, -0.1) is 0 Å². The van der Waals surface area contributed by atoms with Gasteiger partial charge in [0, 0.05) is 6.72 Å². The van der Waals surface area contributed by atoms with Crippen LogP contribution in [-0.2, 0) is 19.6 Å². The van der Waals surface area contributed by atoms with Crippen molar-refractivity contribution in [3.63, 3.8) is 0 Å². The van der Waals surface area contributed by atoms with E-state index in [9.17, 15) is 13.2 Å². The summed E-state index contributed by atoms with van der Waals surface area (Å²) in [5, 5.41) is 0. The van der Waals surface area contributed by atoms with Crippen molar-refractivity contribution < 1.29 is 17.9 Å². The smallest absolute Gasteiger partial charge is 0.322 e. The fourth-order valence-corrected chi connectivity index (χ4v) is 0.760. The number of ether oxygens (including phenoxy) is 1. The molecule has 10 heavy (non-hydrogen) atoms. The molecule has 0 aromatic heterocycles. The molecular weight excluding hydrogens is 158 g/mol. The van der Waals surface area contributed by atoms with Gasteiger partial charge in [-0.05, 0) is 0 Å². The van der Waals surface area contributed by atoms with E-state index in [1.807, 2.05) is 0 Å². The van der Waals surface area contributed by atoms with Gasteiger partial charge in [0.2, 0.25) is 0 Å². The molecule has 0 N–H and O–H groups in total. The summed E-state index contributed by atoms with van der Waals surface area (Å²) in [5.41, 5.74) is 0. The molecule has 0 unspecified atom stereocenters. The number of nitrogens with zero attached hydrogens (tertiary/aromatic N) is 1. The number of rotatable bonds is 3. The van der Waals surface area contributed by atoms with Gasteiger partial charge in [0.1, 0.15) is 0 Å². The van der Waals surface area contributed by atoms with Crippen LogP contribution in [0.4, 0.5) is 0 Å². The van der Waals surface area contributed by atoms with Gasteiger partial charge >= 0.3 is 5.97 Å². The number of carbonyl (C=O) groups is 1. The minimum Gasteiger partial charge on any atom is -0.468 e. The normalized spacial score (nSPS) is 10.5. The fourth-order valence-electron chi connectivity index (χ4n) is 0.253. The van der Waals surface area contributed by atoms with Crippen molar-refractivity contribution in [2.24, 2.45) is 4.40 Å². The fraction of sp³-hybridized carbons (Fsp3) is 0.500. The van der Waals surface area contributed by atoms with Crippen molar-refractivity contribution in [3.05, 3.63) is 0 Å². The van der Waals surface area contributed by atoms with Gasteiger partial charge in [0.25, 0.3) is 10.0 Å². The summed E-state index contributed by atoms with van der Waals surface area (Å²) in [4.78, 5) is 10.3. The zero-order valence-corrected chi connectivity index (χ0v) is 6.22. The average Bonchev–Trinajstić information content (AvgIpc) is 1.87. The lowest BCUT2D eigenvalue weighted by molar-refractivity contribution is -0.137. The first-order valence-corrected chi connectivity index (χ1v) is 3.90. The number of carbonyl (C=O) groups excluding carboxylic acids is 1. The van der Waals surface area contributed by atoms with Gasteiger partial charge in [0.05, 0.1) is 7.11 Å². The highest BCUT2D eigenvalue weighted by molar-refractivity contribution is 7.90. The summed E-state index contributed by atoms with van der Waals surface area (Å²) in [6.07, 6.45) is 0. The van der Waals surface area contributed by atoms with Crippen molar-refractivity contribution in [2.75, 3.05) is 12.9 Å². The molecule has 0 rings (SSSR count). The van der Waals surface area contributed by atoms with Crippen molar-refractivity contribution in [1.29, 1.82) is 0 Å². The molecule has 0 saturated carbocycles. The molecule has 0 aromatic carbocycles. The molecule has 0 fully saturated rings. The van der Waals surface area contributed by atoms with Gasteiger partial charge in [0.15, 0.2) is 5.75 Å². The van der Waals surface area contributed by atoms with Crippen LogP contribution in [0.2, 0.25) is 0 Å². The van der Waals surface area contributed by atoms with Crippen LogP contribution >= 0.6 is 0 Å². The Balaban J connectivity index is 4.17. The molecule has 0 aliphatic heterocycles. The second-order valence-electron chi connectivity index (χ2n) is 1.43. The molecule has 0 heterocycles. The molecule has 0 aliphatic carbocycles. The maximum absolute atomic E-state index is 10.4. The molecule has 5 nitrogen and oxygen atoms in total. The van der Waals surface area contributed by atoms with E-state index in [4.69, 9.17) is 0 Å². The maximum atomic E-state index is 10.4. The highest BCUT2D eigenvalue weighted by atomic mass is 32.2. The zero-order chi connectivity index (χ0) is 8.20. The van der Waals surface area contributed by atoms with Crippen LogP contribution in [0.15, 0.2) is 4.40 Å². The van der Waals surface area contributed by atoms with E-state index in [2.05, 4.69) is 15.9 Å². The molecule has 0 spiro atoms. The van der Waals surface area contributed by atoms with E-state index in [1.54, 1.807) is 0 Å².